The van der Waals surface area contributed by atoms with Crippen LogP contribution in [0.5, 0.6) is 5.75 Å². The molecule has 0 fully saturated rings. The molecule has 0 saturated carbocycles. The first-order valence-electron chi connectivity index (χ1n) is 10.8. The summed E-state index contributed by atoms with van der Waals surface area (Å²) in [6, 6.07) is 6.03. The Kier molecular flexibility index (Phi) is 12.5. The number of rotatable bonds is 15. The number of nitrogens with zero attached hydrogens (tertiary/aromatic N) is 1. The third kappa shape index (κ3) is 11.8. The quantitative estimate of drug-likeness (QED) is 0.381. The van der Waals surface area contributed by atoms with Crippen molar-refractivity contribution >= 4 is 12.0 Å². The van der Waals surface area contributed by atoms with Gasteiger partial charge < -0.3 is 24.8 Å². The van der Waals surface area contributed by atoms with Gasteiger partial charge in [-0.3, -0.25) is 0 Å². The number of carbonyl (C=O) groups excluding carboxylic acids is 1. The van der Waals surface area contributed by atoms with E-state index in [9.17, 15) is 22.8 Å². The van der Waals surface area contributed by atoms with Crippen molar-refractivity contribution in [2.45, 2.75) is 58.2 Å². The van der Waals surface area contributed by atoms with E-state index in [-0.39, 0.29) is 19.6 Å². The van der Waals surface area contributed by atoms with E-state index < -0.39 is 30.8 Å². The van der Waals surface area contributed by atoms with Crippen LogP contribution in [0.15, 0.2) is 24.3 Å². The predicted molar refractivity (Wildman–Crippen MR) is 114 cm³/mol. The van der Waals surface area contributed by atoms with Gasteiger partial charge in [-0.25, -0.2) is 9.59 Å². The average molecular weight is 463 g/mol. The van der Waals surface area contributed by atoms with E-state index in [4.69, 9.17) is 14.6 Å². The van der Waals surface area contributed by atoms with E-state index in [1.807, 2.05) is 12.2 Å². The first kappa shape index (κ1) is 27.5. The number of ether oxygens (including phenoxy) is 2. The van der Waals surface area contributed by atoms with Crippen molar-refractivity contribution in [1.82, 2.24) is 10.2 Å². The summed E-state index contributed by atoms with van der Waals surface area (Å²) in [6.07, 6.45) is -1.58. The van der Waals surface area contributed by atoms with Crippen molar-refractivity contribution in [2.24, 2.45) is 0 Å². The van der Waals surface area contributed by atoms with E-state index >= 15 is 0 Å². The van der Waals surface area contributed by atoms with Crippen LogP contribution in [0.3, 0.4) is 0 Å². The second-order valence-electron chi connectivity index (χ2n) is 7.30. The van der Waals surface area contributed by atoms with E-state index in [1.54, 1.807) is 31.2 Å². The molecule has 1 rings (SSSR count). The predicted octanol–water partition coefficient (Wildman–Crippen LogP) is 4.25. The van der Waals surface area contributed by atoms with Gasteiger partial charge in [-0.2, -0.15) is 13.2 Å². The lowest BCUT2D eigenvalue weighted by Gasteiger charge is -2.23. The van der Waals surface area contributed by atoms with Gasteiger partial charge in [0.25, 0.3) is 0 Å². The molecule has 1 unspecified atom stereocenters. The van der Waals surface area contributed by atoms with Gasteiger partial charge in [-0.05, 0) is 31.0 Å². The molecule has 0 aliphatic heterocycles. The van der Waals surface area contributed by atoms with Crippen LogP contribution >= 0.6 is 0 Å². The van der Waals surface area contributed by atoms with Crippen LogP contribution in [0.2, 0.25) is 0 Å². The zero-order chi connectivity index (χ0) is 24.0. The second-order valence-corrected chi connectivity index (χ2v) is 7.30. The molecule has 32 heavy (non-hydrogen) atoms. The fourth-order valence-corrected chi connectivity index (χ4v) is 2.96. The van der Waals surface area contributed by atoms with Crippen LogP contribution in [0.1, 0.15) is 45.1 Å². The summed E-state index contributed by atoms with van der Waals surface area (Å²) in [5.74, 6) is -0.520. The lowest BCUT2D eigenvalue weighted by molar-refractivity contribution is -0.150. The Morgan fingerprint density at radius 1 is 1.09 bits per heavy atom. The Balaban J connectivity index is 2.57. The third-order valence-corrected chi connectivity index (χ3v) is 4.63. The average Bonchev–Trinajstić information content (AvgIpc) is 2.74. The summed E-state index contributed by atoms with van der Waals surface area (Å²) in [5.41, 5.74) is 0.766. The van der Waals surface area contributed by atoms with Gasteiger partial charge in [0.15, 0.2) is 6.10 Å². The first-order chi connectivity index (χ1) is 15.2. The molecule has 2 N–H and O–H groups in total. The standard InChI is InChI=1S/C22H33F3N2O5/c1-3-5-6-7-12-27(21(30)26-16-22(23,24)25)13-14-32-18-10-8-17(9-11-18)15-19(20(28)29)31-4-2/h8-11,19H,3-7,12-16H2,1-2H3,(H,26,30)(H,28,29). The van der Waals surface area contributed by atoms with Crippen LogP contribution in [-0.4, -0.2) is 67.1 Å². The van der Waals surface area contributed by atoms with Crippen LogP contribution < -0.4 is 10.1 Å². The SMILES string of the molecule is CCCCCCN(CCOc1ccc(CC(OCC)C(=O)O)cc1)C(=O)NCC(F)(F)F. The Morgan fingerprint density at radius 2 is 1.78 bits per heavy atom. The topological polar surface area (TPSA) is 88.1 Å². The number of carboxylic acids is 1. The second kappa shape index (κ2) is 14.5. The zero-order valence-corrected chi connectivity index (χ0v) is 18.6. The fourth-order valence-electron chi connectivity index (χ4n) is 2.96. The molecule has 0 aliphatic carbocycles. The van der Waals surface area contributed by atoms with Crippen molar-refractivity contribution in [2.75, 3.05) is 32.8 Å². The molecule has 0 heterocycles. The monoisotopic (exact) mass is 462 g/mol. The molecule has 0 bridgehead atoms. The summed E-state index contributed by atoms with van der Waals surface area (Å²) in [5, 5.41) is 11.1. The fraction of sp³-hybridized carbons (Fsp3) is 0.636. The summed E-state index contributed by atoms with van der Waals surface area (Å²) in [4.78, 5) is 24.7. The van der Waals surface area contributed by atoms with Gasteiger partial charge in [0.05, 0.1) is 6.54 Å². The van der Waals surface area contributed by atoms with Crippen LogP contribution in [0.4, 0.5) is 18.0 Å². The van der Waals surface area contributed by atoms with Crippen molar-refractivity contribution < 1.29 is 37.3 Å². The number of amides is 2. The molecule has 0 aliphatic rings. The molecule has 0 spiro atoms. The van der Waals surface area contributed by atoms with E-state index in [0.717, 1.165) is 24.8 Å². The maximum Gasteiger partial charge on any atom is 0.405 e. The van der Waals surface area contributed by atoms with E-state index in [1.165, 1.54) is 4.90 Å². The summed E-state index contributed by atoms with van der Waals surface area (Å²) in [7, 11) is 0. The number of alkyl halides is 3. The molecule has 2 amide bonds. The first-order valence-corrected chi connectivity index (χ1v) is 10.8. The summed E-state index contributed by atoms with van der Waals surface area (Å²) < 4.78 is 48.0. The molecule has 1 aromatic carbocycles. The number of urea groups is 1. The molecule has 182 valence electrons. The van der Waals surface area contributed by atoms with Crippen molar-refractivity contribution in [1.29, 1.82) is 0 Å². The van der Waals surface area contributed by atoms with E-state index in [0.29, 0.717) is 25.3 Å². The number of hydrogen-bond acceptors (Lipinski definition) is 4. The number of aliphatic carboxylic acids is 1. The van der Waals surface area contributed by atoms with Gasteiger partial charge in [-0.15, -0.1) is 0 Å². The highest BCUT2D eigenvalue weighted by atomic mass is 19.4. The molecule has 0 saturated heterocycles. The normalized spacial score (nSPS) is 12.3. The van der Waals surface area contributed by atoms with Crippen molar-refractivity contribution in [3.8, 4) is 5.75 Å². The number of halogens is 3. The molecule has 1 aromatic rings. The maximum atomic E-state index is 12.4. The van der Waals surface area contributed by atoms with Gasteiger partial charge in [0, 0.05) is 19.6 Å². The smallest absolute Gasteiger partial charge is 0.405 e. The number of carboxylic acid groups (broad SMARTS) is 1. The van der Waals surface area contributed by atoms with Crippen molar-refractivity contribution in [3.05, 3.63) is 29.8 Å². The highest BCUT2D eigenvalue weighted by molar-refractivity contribution is 5.74. The van der Waals surface area contributed by atoms with Gasteiger partial charge in [0.1, 0.15) is 18.9 Å². The lowest BCUT2D eigenvalue weighted by Crippen LogP contribution is -2.45. The molecule has 0 radical (unpaired) electrons. The number of carbonyl (C=O) groups is 2. The zero-order valence-electron chi connectivity index (χ0n) is 18.6. The highest BCUT2D eigenvalue weighted by Gasteiger charge is 2.28. The third-order valence-electron chi connectivity index (χ3n) is 4.63. The highest BCUT2D eigenvalue weighted by Crippen LogP contribution is 2.15. The number of nitrogens with one attached hydrogen (secondary N) is 1. The van der Waals surface area contributed by atoms with Crippen molar-refractivity contribution in [3.63, 3.8) is 0 Å². The lowest BCUT2D eigenvalue weighted by atomic mass is 10.1. The molecule has 1 atom stereocenters. The minimum Gasteiger partial charge on any atom is -0.492 e. The molecule has 7 nitrogen and oxygen atoms in total. The minimum atomic E-state index is -4.47. The Morgan fingerprint density at radius 3 is 2.34 bits per heavy atom. The number of hydrogen-bond donors (Lipinski definition) is 2. The molecule has 0 aromatic heterocycles. The summed E-state index contributed by atoms with van der Waals surface area (Å²) in [6.45, 7) is 3.30. The Hall–Kier alpha value is -2.49. The van der Waals surface area contributed by atoms with Crippen LogP contribution in [-0.2, 0) is 16.0 Å². The van der Waals surface area contributed by atoms with Gasteiger partial charge >= 0.3 is 18.2 Å². The van der Waals surface area contributed by atoms with Crippen LogP contribution in [0, 0.1) is 0 Å². The molecule has 10 heteroatoms. The maximum absolute atomic E-state index is 12.4. The number of benzene rings is 1. The minimum absolute atomic E-state index is 0.114. The van der Waals surface area contributed by atoms with Crippen LogP contribution in [0.25, 0.3) is 0 Å². The van der Waals surface area contributed by atoms with E-state index in [2.05, 4.69) is 0 Å². The van der Waals surface area contributed by atoms with Gasteiger partial charge in [-0.1, -0.05) is 38.3 Å². The molecular weight excluding hydrogens is 429 g/mol. The Labute approximate surface area is 186 Å². The van der Waals surface area contributed by atoms with Gasteiger partial charge in [0.2, 0.25) is 0 Å². The largest absolute Gasteiger partial charge is 0.492 e. The number of unbranched alkanes of at least 4 members (excludes halogenated alkanes) is 3. The summed E-state index contributed by atoms with van der Waals surface area (Å²) >= 11 is 0. The molecular formula is C22H33F3N2O5. The Bertz CT molecular complexity index is 683.